The SMILES string of the molecule is N#Cc1ncc2cc(Cc3ccccc3)c(Cc3ccc(C=O)cc3)nc2n1. The van der Waals surface area contributed by atoms with Gasteiger partial charge in [-0.05, 0) is 29.2 Å². The summed E-state index contributed by atoms with van der Waals surface area (Å²) in [7, 11) is 0. The summed E-state index contributed by atoms with van der Waals surface area (Å²) in [4.78, 5) is 23.9. The molecule has 28 heavy (non-hydrogen) atoms. The van der Waals surface area contributed by atoms with Crippen molar-refractivity contribution in [1.29, 1.82) is 5.26 Å². The smallest absolute Gasteiger partial charge is 0.234 e. The monoisotopic (exact) mass is 364 g/mol. The third kappa shape index (κ3) is 3.76. The van der Waals surface area contributed by atoms with Gasteiger partial charge in [-0.1, -0.05) is 54.6 Å². The highest BCUT2D eigenvalue weighted by Gasteiger charge is 2.11. The van der Waals surface area contributed by atoms with E-state index < -0.39 is 0 Å². The van der Waals surface area contributed by atoms with Crippen LogP contribution in [0.4, 0.5) is 0 Å². The maximum absolute atomic E-state index is 10.9. The second-order valence-corrected chi connectivity index (χ2v) is 6.51. The molecule has 2 aromatic carbocycles. The summed E-state index contributed by atoms with van der Waals surface area (Å²) in [5.74, 6) is 0.108. The number of hydrogen-bond donors (Lipinski definition) is 0. The molecular formula is C23H16N4O. The first kappa shape index (κ1) is 17.5. The van der Waals surface area contributed by atoms with Crippen molar-refractivity contribution in [3.63, 3.8) is 0 Å². The summed E-state index contributed by atoms with van der Waals surface area (Å²) in [5.41, 5.74) is 5.40. The van der Waals surface area contributed by atoms with Gasteiger partial charge in [-0.15, -0.1) is 0 Å². The number of aromatic nitrogens is 3. The first-order chi connectivity index (χ1) is 13.7. The molecule has 2 heterocycles. The van der Waals surface area contributed by atoms with Gasteiger partial charge >= 0.3 is 0 Å². The lowest BCUT2D eigenvalue weighted by Crippen LogP contribution is -2.03. The van der Waals surface area contributed by atoms with Crippen LogP contribution >= 0.6 is 0 Å². The average Bonchev–Trinajstić information content (AvgIpc) is 2.75. The zero-order valence-electron chi connectivity index (χ0n) is 15.0. The van der Waals surface area contributed by atoms with Crippen LogP contribution in [-0.4, -0.2) is 21.2 Å². The fraction of sp³-hybridized carbons (Fsp3) is 0.0870. The Balaban J connectivity index is 1.78. The Hall–Kier alpha value is -3.91. The second kappa shape index (κ2) is 7.77. The number of pyridine rings is 1. The van der Waals surface area contributed by atoms with Gasteiger partial charge in [0.15, 0.2) is 5.65 Å². The number of nitriles is 1. The van der Waals surface area contributed by atoms with Gasteiger partial charge in [-0.2, -0.15) is 10.2 Å². The summed E-state index contributed by atoms with van der Waals surface area (Å²) < 4.78 is 0. The van der Waals surface area contributed by atoms with Crippen molar-refractivity contribution in [3.05, 3.63) is 101 Å². The van der Waals surface area contributed by atoms with Crippen molar-refractivity contribution in [2.45, 2.75) is 12.8 Å². The van der Waals surface area contributed by atoms with E-state index in [1.165, 1.54) is 5.56 Å². The largest absolute Gasteiger partial charge is 0.298 e. The minimum absolute atomic E-state index is 0.108. The number of carbonyl (C=O) groups is 1. The Kier molecular flexibility index (Phi) is 4.85. The summed E-state index contributed by atoms with van der Waals surface area (Å²) in [6.45, 7) is 0. The molecule has 0 saturated heterocycles. The third-order valence-electron chi connectivity index (χ3n) is 4.56. The van der Waals surface area contributed by atoms with Crippen LogP contribution < -0.4 is 0 Å². The zero-order valence-corrected chi connectivity index (χ0v) is 15.0. The molecule has 4 rings (SSSR count). The van der Waals surface area contributed by atoms with Crippen LogP contribution in [0, 0.1) is 11.3 Å². The standard InChI is InChI=1S/C23H16N4O/c24-13-22-25-14-20-12-19(10-16-4-2-1-3-5-16)21(26-23(20)27-22)11-17-6-8-18(15-28)9-7-17/h1-9,12,14-15H,10-11H2. The van der Waals surface area contributed by atoms with Gasteiger partial charge in [-0.3, -0.25) is 4.79 Å². The Morgan fingerprint density at radius 3 is 2.39 bits per heavy atom. The second-order valence-electron chi connectivity index (χ2n) is 6.51. The fourth-order valence-corrected chi connectivity index (χ4v) is 3.13. The van der Waals surface area contributed by atoms with Crippen molar-refractivity contribution in [3.8, 4) is 6.07 Å². The van der Waals surface area contributed by atoms with Gasteiger partial charge in [0.1, 0.15) is 12.4 Å². The maximum atomic E-state index is 10.9. The zero-order chi connectivity index (χ0) is 19.3. The summed E-state index contributed by atoms with van der Waals surface area (Å²) in [6.07, 6.45) is 3.83. The third-order valence-corrected chi connectivity index (χ3v) is 4.56. The molecule has 0 fully saturated rings. The van der Waals surface area contributed by atoms with E-state index in [4.69, 9.17) is 10.2 Å². The number of aldehydes is 1. The highest BCUT2D eigenvalue weighted by Crippen LogP contribution is 2.21. The van der Waals surface area contributed by atoms with Gasteiger partial charge in [0.2, 0.25) is 5.82 Å². The number of benzene rings is 2. The summed E-state index contributed by atoms with van der Waals surface area (Å²) >= 11 is 0. The molecule has 0 bridgehead atoms. The highest BCUT2D eigenvalue weighted by molar-refractivity contribution is 5.76. The van der Waals surface area contributed by atoms with E-state index >= 15 is 0 Å². The Labute approximate surface area is 162 Å². The molecule has 0 amide bonds. The minimum atomic E-state index is 0.108. The topological polar surface area (TPSA) is 79.5 Å². The average molecular weight is 364 g/mol. The van der Waals surface area contributed by atoms with Gasteiger partial charge < -0.3 is 0 Å². The number of fused-ring (bicyclic) bond motifs is 1. The van der Waals surface area contributed by atoms with Crippen LogP contribution in [0.2, 0.25) is 0 Å². The maximum Gasteiger partial charge on any atom is 0.234 e. The van der Waals surface area contributed by atoms with E-state index in [2.05, 4.69) is 22.1 Å². The minimum Gasteiger partial charge on any atom is -0.298 e. The van der Waals surface area contributed by atoms with Crippen molar-refractivity contribution in [2.24, 2.45) is 0 Å². The van der Waals surface area contributed by atoms with E-state index in [-0.39, 0.29) is 5.82 Å². The summed E-state index contributed by atoms with van der Waals surface area (Å²) in [6, 6.07) is 21.7. The molecule has 2 aromatic heterocycles. The number of hydrogen-bond acceptors (Lipinski definition) is 5. The Morgan fingerprint density at radius 1 is 0.929 bits per heavy atom. The van der Waals surface area contributed by atoms with Gasteiger partial charge in [-0.25, -0.2) is 9.97 Å². The lowest BCUT2D eigenvalue weighted by molar-refractivity contribution is 0.112. The van der Waals surface area contributed by atoms with Crippen LogP contribution in [-0.2, 0) is 12.8 Å². The van der Waals surface area contributed by atoms with E-state index in [0.29, 0.717) is 17.6 Å². The van der Waals surface area contributed by atoms with Crippen molar-refractivity contribution in [2.75, 3.05) is 0 Å². The van der Waals surface area contributed by atoms with Crippen LogP contribution in [0.25, 0.3) is 11.0 Å². The lowest BCUT2D eigenvalue weighted by Gasteiger charge is -2.11. The van der Waals surface area contributed by atoms with Crippen LogP contribution in [0.1, 0.15) is 38.6 Å². The highest BCUT2D eigenvalue weighted by atomic mass is 16.1. The predicted molar refractivity (Wildman–Crippen MR) is 106 cm³/mol. The van der Waals surface area contributed by atoms with E-state index in [1.54, 1.807) is 18.3 Å². The molecule has 0 aliphatic carbocycles. The van der Waals surface area contributed by atoms with Gasteiger partial charge in [0.05, 0.1) is 5.69 Å². The molecule has 134 valence electrons. The van der Waals surface area contributed by atoms with E-state index in [1.807, 2.05) is 42.5 Å². The quantitative estimate of drug-likeness (QED) is 0.502. The normalized spacial score (nSPS) is 10.5. The van der Waals surface area contributed by atoms with Crippen molar-refractivity contribution < 1.29 is 4.79 Å². The molecule has 0 radical (unpaired) electrons. The Bertz CT molecular complexity index is 1180. The Morgan fingerprint density at radius 2 is 1.68 bits per heavy atom. The predicted octanol–water partition coefficient (Wildman–Crippen LogP) is 3.89. The first-order valence-electron chi connectivity index (χ1n) is 8.89. The first-order valence-corrected chi connectivity index (χ1v) is 8.89. The molecule has 0 spiro atoms. The molecule has 0 saturated carbocycles. The van der Waals surface area contributed by atoms with Crippen molar-refractivity contribution in [1.82, 2.24) is 15.0 Å². The van der Waals surface area contributed by atoms with Crippen LogP contribution in [0.15, 0.2) is 66.9 Å². The van der Waals surface area contributed by atoms with Crippen LogP contribution in [0.5, 0.6) is 0 Å². The van der Waals surface area contributed by atoms with Gasteiger partial charge in [0, 0.05) is 23.6 Å². The van der Waals surface area contributed by atoms with E-state index in [0.717, 1.165) is 34.9 Å². The molecule has 5 heteroatoms. The number of nitrogens with zero attached hydrogens (tertiary/aromatic N) is 4. The fourth-order valence-electron chi connectivity index (χ4n) is 3.13. The molecule has 0 aliphatic heterocycles. The van der Waals surface area contributed by atoms with Gasteiger partial charge in [0.25, 0.3) is 0 Å². The molecule has 0 unspecified atom stereocenters. The number of carbonyl (C=O) groups excluding carboxylic acids is 1. The molecule has 0 atom stereocenters. The molecule has 0 aliphatic rings. The van der Waals surface area contributed by atoms with E-state index in [9.17, 15) is 4.79 Å². The molecular weight excluding hydrogens is 348 g/mol. The lowest BCUT2D eigenvalue weighted by atomic mass is 9.98. The molecule has 4 aromatic rings. The molecule has 5 nitrogen and oxygen atoms in total. The van der Waals surface area contributed by atoms with Crippen molar-refractivity contribution >= 4 is 17.3 Å². The molecule has 0 N–H and O–H groups in total. The number of rotatable bonds is 5. The van der Waals surface area contributed by atoms with Crippen LogP contribution in [0.3, 0.4) is 0 Å². The summed E-state index contributed by atoms with van der Waals surface area (Å²) in [5, 5.41) is 9.88.